The van der Waals surface area contributed by atoms with Crippen molar-refractivity contribution in [1.29, 1.82) is 0 Å². The van der Waals surface area contributed by atoms with E-state index >= 15 is 0 Å². The maximum absolute atomic E-state index is 12.7. The Hall–Kier alpha value is -2.09. The Morgan fingerprint density at radius 2 is 2.00 bits per heavy atom. The van der Waals surface area contributed by atoms with Gasteiger partial charge in [0.1, 0.15) is 0 Å². The van der Waals surface area contributed by atoms with Crippen LogP contribution in [0.5, 0.6) is 0 Å². The normalized spacial score (nSPS) is 18.5. The van der Waals surface area contributed by atoms with Gasteiger partial charge in [0, 0.05) is 40.8 Å². The quantitative estimate of drug-likeness (QED) is 0.804. The second-order valence-electron chi connectivity index (χ2n) is 6.63. The number of fused-ring (bicyclic) bond motifs is 1. The third kappa shape index (κ3) is 2.64. The lowest BCUT2D eigenvalue weighted by Crippen LogP contribution is -2.38. The van der Waals surface area contributed by atoms with E-state index in [9.17, 15) is 9.59 Å². The predicted octanol–water partition coefficient (Wildman–Crippen LogP) is 0.316. The first-order valence-electron chi connectivity index (χ1n) is 8.35. The van der Waals surface area contributed by atoms with Gasteiger partial charge in [-0.25, -0.2) is 4.79 Å². The number of rotatable bonds is 4. The highest BCUT2D eigenvalue weighted by Crippen LogP contribution is 2.25. The fourth-order valence-electron chi connectivity index (χ4n) is 3.44. The number of methoxy groups -OCH3 is 1. The Labute approximate surface area is 140 Å². The van der Waals surface area contributed by atoms with E-state index in [1.807, 2.05) is 4.57 Å². The van der Waals surface area contributed by atoms with Crippen LogP contribution in [0.4, 0.5) is 5.95 Å². The topological polar surface area (TPSA) is 74.3 Å². The molecule has 0 unspecified atom stereocenters. The highest BCUT2D eigenvalue weighted by Gasteiger charge is 2.25. The van der Waals surface area contributed by atoms with Crippen LogP contribution in [0.1, 0.15) is 19.8 Å². The van der Waals surface area contributed by atoms with E-state index < -0.39 is 0 Å². The van der Waals surface area contributed by atoms with Gasteiger partial charge in [0.25, 0.3) is 5.56 Å². The van der Waals surface area contributed by atoms with E-state index in [0.29, 0.717) is 30.2 Å². The molecule has 1 aliphatic heterocycles. The molecule has 1 atom stereocenters. The van der Waals surface area contributed by atoms with Crippen LogP contribution in [-0.2, 0) is 25.4 Å². The number of hydrogen-bond donors (Lipinski definition) is 0. The Morgan fingerprint density at radius 1 is 1.25 bits per heavy atom. The van der Waals surface area contributed by atoms with Crippen LogP contribution < -0.4 is 16.1 Å². The lowest BCUT2D eigenvalue weighted by Gasteiger charge is -2.32. The average Bonchev–Trinajstić information content (AvgIpc) is 2.95. The Kier molecular flexibility index (Phi) is 4.49. The van der Waals surface area contributed by atoms with Gasteiger partial charge in [0.05, 0.1) is 6.61 Å². The monoisotopic (exact) mass is 335 g/mol. The summed E-state index contributed by atoms with van der Waals surface area (Å²) in [5.74, 6) is 1.34. The van der Waals surface area contributed by atoms with Gasteiger partial charge in [0.2, 0.25) is 5.95 Å². The molecule has 0 amide bonds. The zero-order chi connectivity index (χ0) is 17.4. The van der Waals surface area contributed by atoms with Gasteiger partial charge < -0.3 is 14.2 Å². The molecule has 8 heteroatoms. The van der Waals surface area contributed by atoms with E-state index in [0.717, 1.165) is 30.0 Å². The third-order valence-corrected chi connectivity index (χ3v) is 4.79. The van der Waals surface area contributed by atoms with Crippen molar-refractivity contribution in [3.63, 3.8) is 0 Å². The molecule has 0 saturated carbocycles. The van der Waals surface area contributed by atoms with E-state index in [1.54, 1.807) is 14.2 Å². The van der Waals surface area contributed by atoms with Gasteiger partial charge in [-0.15, -0.1) is 0 Å². The highest BCUT2D eigenvalue weighted by molar-refractivity contribution is 5.74. The molecule has 1 aliphatic rings. The first-order chi connectivity index (χ1) is 11.5. The first kappa shape index (κ1) is 16.8. The minimum Gasteiger partial charge on any atom is -0.383 e. The van der Waals surface area contributed by atoms with Crippen molar-refractivity contribution in [2.24, 2.45) is 20.0 Å². The summed E-state index contributed by atoms with van der Waals surface area (Å²) in [5, 5.41) is 0. The molecule has 2 aromatic heterocycles. The standard InChI is InChI=1S/C16H25N5O3/c1-11-6-5-7-20(10-11)15-17-13-12(21(15)8-9-24-4)14(22)19(3)16(23)18(13)2/h11H,5-10H2,1-4H3/t11-/m1/s1. The van der Waals surface area contributed by atoms with E-state index in [1.165, 1.54) is 18.0 Å². The summed E-state index contributed by atoms with van der Waals surface area (Å²) in [7, 11) is 4.79. The molecular formula is C16H25N5O3. The van der Waals surface area contributed by atoms with Crippen molar-refractivity contribution in [3.8, 4) is 0 Å². The van der Waals surface area contributed by atoms with Crippen LogP contribution in [0.15, 0.2) is 9.59 Å². The summed E-state index contributed by atoms with van der Waals surface area (Å²) in [5.41, 5.74) is 0.229. The molecule has 3 heterocycles. The Balaban J connectivity index is 2.24. The second-order valence-corrected chi connectivity index (χ2v) is 6.63. The Bertz CT molecular complexity index is 863. The fourth-order valence-corrected chi connectivity index (χ4v) is 3.44. The molecule has 3 rings (SSSR count). The minimum atomic E-state index is -0.359. The summed E-state index contributed by atoms with van der Waals surface area (Å²) < 4.78 is 9.68. The van der Waals surface area contributed by atoms with Crippen molar-refractivity contribution < 1.29 is 4.74 Å². The summed E-state index contributed by atoms with van der Waals surface area (Å²) in [6.07, 6.45) is 2.31. The van der Waals surface area contributed by atoms with Crippen molar-refractivity contribution in [1.82, 2.24) is 18.7 Å². The molecule has 0 radical (unpaired) electrons. The van der Waals surface area contributed by atoms with Crippen molar-refractivity contribution in [2.75, 3.05) is 31.7 Å². The van der Waals surface area contributed by atoms with Crippen LogP contribution in [-0.4, -0.2) is 45.5 Å². The molecule has 0 aliphatic carbocycles. The smallest absolute Gasteiger partial charge is 0.332 e. The van der Waals surface area contributed by atoms with Gasteiger partial charge >= 0.3 is 5.69 Å². The summed E-state index contributed by atoms with van der Waals surface area (Å²) in [6, 6.07) is 0. The van der Waals surface area contributed by atoms with E-state index in [2.05, 4.69) is 16.8 Å². The zero-order valence-corrected chi connectivity index (χ0v) is 14.8. The number of hydrogen-bond acceptors (Lipinski definition) is 5. The van der Waals surface area contributed by atoms with Gasteiger partial charge in [0.15, 0.2) is 11.2 Å². The molecule has 132 valence electrons. The molecular weight excluding hydrogens is 310 g/mol. The molecule has 1 fully saturated rings. The SMILES string of the molecule is COCCn1c(N2CCC[C@@H](C)C2)nc2c1c(=O)n(C)c(=O)n2C. The predicted molar refractivity (Wildman–Crippen MR) is 92.7 cm³/mol. The maximum atomic E-state index is 12.7. The van der Waals surface area contributed by atoms with Crippen molar-refractivity contribution >= 4 is 17.1 Å². The number of ether oxygens (including phenoxy) is 1. The van der Waals surface area contributed by atoms with E-state index in [-0.39, 0.29) is 11.2 Å². The van der Waals surface area contributed by atoms with Gasteiger partial charge in [-0.05, 0) is 18.8 Å². The Morgan fingerprint density at radius 3 is 2.67 bits per heavy atom. The summed E-state index contributed by atoms with van der Waals surface area (Å²) >= 11 is 0. The lowest BCUT2D eigenvalue weighted by atomic mass is 10.0. The number of aryl methyl sites for hydroxylation is 1. The summed E-state index contributed by atoms with van der Waals surface area (Å²) in [6.45, 7) is 5.05. The van der Waals surface area contributed by atoms with Gasteiger partial charge in [-0.3, -0.25) is 13.9 Å². The molecule has 0 spiro atoms. The van der Waals surface area contributed by atoms with Crippen LogP contribution >= 0.6 is 0 Å². The molecule has 0 bridgehead atoms. The number of piperidine rings is 1. The number of aromatic nitrogens is 4. The van der Waals surface area contributed by atoms with Crippen LogP contribution in [0, 0.1) is 5.92 Å². The molecule has 0 aromatic carbocycles. The third-order valence-electron chi connectivity index (χ3n) is 4.79. The van der Waals surface area contributed by atoms with Gasteiger partial charge in [-0.2, -0.15) is 4.98 Å². The first-order valence-corrected chi connectivity index (χ1v) is 8.35. The van der Waals surface area contributed by atoms with Crippen LogP contribution in [0.3, 0.4) is 0 Å². The molecule has 8 nitrogen and oxygen atoms in total. The maximum Gasteiger partial charge on any atom is 0.332 e. The molecule has 24 heavy (non-hydrogen) atoms. The second kappa shape index (κ2) is 6.43. The molecule has 2 aromatic rings. The van der Waals surface area contributed by atoms with Gasteiger partial charge in [-0.1, -0.05) is 6.92 Å². The fraction of sp³-hybridized carbons (Fsp3) is 0.688. The minimum absolute atomic E-state index is 0.312. The summed E-state index contributed by atoms with van der Waals surface area (Å²) in [4.78, 5) is 31.8. The van der Waals surface area contributed by atoms with Crippen molar-refractivity contribution in [3.05, 3.63) is 20.8 Å². The van der Waals surface area contributed by atoms with Crippen LogP contribution in [0.2, 0.25) is 0 Å². The number of imidazole rings is 1. The zero-order valence-electron chi connectivity index (χ0n) is 14.8. The number of nitrogens with zero attached hydrogens (tertiary/aromatic N) is 5. The van der Waals surface area contributed by atoms with E-state index in [4.69, 9.17) is 4.74 Å². The lowest BCUT2D eigenvalue weighted by molar-refractivity contribution is 0.188. The molecule has 1 saturated heterocycles. The highest BCUT2D eigenvalue weighted by atomic mass is 16.5. The number of anilines is 1. The average molecular weight is 335 g/mol. The van der Waals surface area contributed by atoms with Crippen molar-refractivity contribution in [2.45, 2.75) is 26.3 Å². The molecule has 0 N–H and O–H groups in total. The van der Waals surface area contributed by atoms with Crippen LogP contribution in [0.25, 0.3) is 11.2 Å². The largest absolute Gasteiger partial charge is 0.383 e.